The number of nitro groups is 1. The van der Waals surface area contributed by atoms with Gasteiger partial charge in [0.05, 0.1) is 11.0 Å². The zero-order chi connectivity index (χ0) is 14.9. The first-order valence-electron chi connectivity index (χ1n) is 5.85. The summed E-state index contributed by atoms with van der Waals surface area (Å²) in [6, 6.07) is 7.85. The van der Waals surface area contributed by atoms with E-state index in [0.29, 0.717) is 11.1 Å². The van der Waals surface area contributed by atoms with Crippen LogP contribution in [0.1, 0.15) is 22.7 Å². The topological polar surface area (TPSA) is 69.2 Å². The van der Waals surface area contributed by atoms with Crippen molar-refractivity contribution in [3.05, 3.63) is 74.0 Å². The summed E-state index contributed by atoms with van der Waals surface area (Å²) < 4.78 is 13.8. The van der Waals surface area contributed by atoms with E-state index in [1.54, 1.807) is 13.0 Å². The van der Waals surface area contributed by atoms with Crippen LogP contribution in [0.25, 0.3) is 0 Å². The highest BCUT2D eigenvalue weighted by Crippen LogP contribution is 2.31. The van der Waals surface area contributed by atoms with Crippen LogP contribution in [0, 0.1) is 22.9 Å². The van der Waals surface area contributed by atoms with Gasteiger partial charge in [0.25, 0.3) is 5.69 Å². The minimum absolute atomic E-state index is 0.0806. The van der Waals surface area contributed by atoms with Gasteiger partial charge in [0.2, 0.25) is 0 Å². The number of rotatable bonds is 3. The van der Waals surface area contributed by atoms with Gasteiger partial charge in [-0.15, -0.1) is 0 Å². The van der Waals surface area contributed by atoms with Crippen LogP contribution in [0.2, 0.25) is 5.02 Å². The van der Waals surface area contributed by atoms with Gasteiger partial charge in [-0.1, -0.05) is 23.7 Å². The minimum atomic E-state index is -0.859. The molecule has 1 unspecified atom stereocenters. The Labute approximate surface area is 120 Å². The molecule has 2 N–H and O–H groups in total. The van der Waals surface area contributed by atoms with Crippen molar-refractivity contribution in [3.8, 4) is 0 Å². The van der Waals surface area contributed by atoms with E-state index in [1.807, 2.05) is 0 Å². The summed E-state index contributed by atoms with van der Waals surface area (Å²) in [5.41, 5.74) is 7.19. The highest BCUT2D eigenvalue weighted by molar-refractivity contribution is 6.31. The van der Waals surface area contributed by atoms with Gasteiger partial charge in [0.15, 0.2) is 0 Å². The van der Waals surface area contributed by atoms with Gasteiger partial charge >= 0.3 is 0 Å². The maximum Gasteiger partial charge on any atom is 0.270 e. The quantitative estimate of drug-likeness (QED) is 0.692. The molecule has 0 aliphatic rings. The van der Waals surface area contributed by atoms with Gasteiger partial charge in [-0.2, -0.15) is 0 Å². The van der Waals surface area contributed by atoms with Gasteiger partial charge in [-0.3, -0.25) is 10.1 Å². The third-order valence-electron chi connectivity index (χ3n) is 2.97. The number of hydrogen-bond acceptors (Lipinski definition) is 3. The lowest BCUT2D eigenvalue weighted by molar-refractivity contribution is -0.385. The summed E-state index contributed by atoms with van der Waals surface area (Å²) >= 11 is 5.96. The van der Waals surface area contributed by atoms with Crippen LogP contribution in [-0.2, 0) is 0 Å². The normalized spacial score (nSPS) is 12.2. The second-order valence-corrected chi connectivity index (χ2v) is 4.88. The van der Waals surface area contributed by atoms with Crippen molar-refractivity contribution >= 4 is 17.3 Å². The molecular formula is C14H12ClFN2O2. The van der Waals surface area contributed by atoms with Crippen molar-refractivity contribution in [3.63, 3.8) is 0 Å². The number of benzene rings is 2. The van der Waals surface area contributed by atoms with Crippen molar-refractivity contribution < 1.29 is 9.31 Å². The molecule has 0 aliphatic heterocycles. The molecular weight excluding hydrogens is 283 g/mol. The first kappa shape index (κ1) is 14.4. The minimum Gasteiger partial charge on any atom is -0.320 e. The number of hydrogen-bond donors (Lipinski definition) is 1. The largest absolute Gasteiger partial charge is 0.320 e. The van der Waals surface area contributed by atoms with Gasteiger partial charge < -0.3 is 5.73 Å². The van der Waals surface area contributed by atoms with E-state index in [1.165, 1.54) is 30.3 Å². The Morgan fingerprint density at radius 3 is 2.65 bits per heavy atom. The molecule has 20 heavy (non-hydrogen) atoms. The van der Waals surface area contributed by atoms with Crippen molar-refractivity contribution in [2.24, 2.45) is 5.73 Å². The molecule has 0 saturated carbocycles. The number of non-ortho nitro benzene ring substituents is 1. The van der Waals surface area contributed by atoms with E-state index in [-0.39, 0.29) is 16.3 Å². The Morgan fingerprint density at radius 1 is 1.35 bits per heavy atom. The lowest BCUT2D eigenvalue weighted by atomic mass is 9.97. The third kappa shape index (κ3) is 2.79. The van der Waals surface area contributed by atoms with Crippen LogP contribution in [0.4, 0.5) is 10.1 Å². The van der Waals surface area contributed by atoms with Crippen LogP contribution in [0.3, 0.4) is 0 Å². The number of nitrogens with two attached hydrogens (primary N) is 1. The van der Waals surface area contributed by atoms with E-state index in [4.69, 9.17) is 17.3 Å². The summed E-state index contributed by atoms with van der Waals surface area (Å²) in [4.78, 5) is 10.4. The van der Waals surface area contributed by atoms with Crippen LogP contribution < -0.4 is 5.73 Å². The van der Waals surface area contributed by atoms with E-state index in [2.05, 4.69) is 0 Å². The molecule has 0 bridgehead atoms. The Hall–Kier alpha value is -1.98. The van der Waals surface area contributed by atoms with Crippen molar-refractivity contribution in [2.75, 3.05) is 0 Å². The molecule has 2 rings (SSSR count). The molecule has 0 saturated heterocycles. The molecule has 0 fully saturated rings. The van der Waals surface area contributed by atoms with Crippen LogP contribution in [-0.4, -0.2) is 4.92 Å². The number of nitrogens with zero attached hydrogens (tertiary/aromatic N) is 1. The predicted octanol–water partition coefficient (Wildman–Crippen LogP) is 3.74. The third-order valence-corrected chi connectivity index (χ3v) is 3.29. The van der Waals surface area contributed by atoms with Gasteiger partial charge in [-0.25, -0.2) is 4.39 Å². The van der Waals surface area contributed by atoms with Gasteiger partial charge in [0, 0.05) is 22.7 Å². The van der Waals surface area contributed by atoms with Crippen LogP contribution in [0.15, 0.2) is 36.4 Å². The molecule has 6 heteroatoms. The van der Waals surface area contributed by atoms with E-state index >= 15 is 0 Å². The molecule has 1 atom stereocenters. The fourth-order valence-electron chi connectivity index (χ4n) is 2.05. The second-order valence-electron chi connectivity index (χ2n) is 4.47. The summed E-state index contributed by atoms with van der Waals surface area (Å²) in [6.07, 6.45) is 0. The summed E-state index contributed by atoms with van der Waals surface area (Å²) in [6.45, 7) is 1.71. The maximum atomic E-state index is 13.8. The van der Waals surface area contributed by atoms with Crippen LogP contribution in [0.5, 0.6) is 0 Å². The average molecular weight is 295 g/mol. The van der Waals surface area contributed by atoms with Crippen LogP contribution >= 0.6 is 11.6 Å². The monoisotopic (exact) mass is 294 g/mol. The lowest BCUT2D eigenvalue weighted by Gasteiger charge is -2.15. The highest BCUT2D eigenvalue weighted by Gasteiger charge is 2.19. The van der Waals surface area contributed by atoms with Gasteiger partial charge in [0.1, 0.15) is 5.82 Å². The Bertz CT molecular complexity index is 656. The fraction of sp³-hybridized carbons (Fsp3) is 0.143. The number of halogens is 2. The zero-order valence-electron chi connectivity index (χ0n) is 10.6. The summed E-state index contributed by atoms with van der Waals surface area (Å²) in [5.74, 6) is -0.533. The van der Waals surface area contributed by atoms with E-state index in [0.717, 1.165) is 0 Å². The molecule has 2 aromatic rings. The summed E-state index contributed by atoms with van der Waals surface area (Å²) in [5, 5.41) is 11.1. The van der Waals surface area contributed by atoms with Crippen molar-refractivity contribution in [1.82, 2.24) is 0 Å². The maximum absolute atomic E-state index is 13.8. The van der Waals surface area contributed by atoms with E-state index < -0.39 is 16.8 Å². The van der Waals surface area contributed by atoms with Crippen molar-refractivity contribution in [1.29, 1.82) is 0 Å². The second kappa shape index (κ2) is 5.56. The molecule has 0 aromatic heterocycles. The highest BCUT2D eigenvalue weighted by atomic mass is 35.5. The lowest BCUT2D eigenvalue weighted by Crippen LogP contribution is -2.14. The number of nitro benzene ring substituents is 1. The fourth-order valence-corrected chi connectivity index (χ4v) is 2.33. The Morgan fingerprint density at radius 2 is 2.05 bits per heavy atom. The molecule has 0 radical (unpaired) electrons. The SMILES string of the molecule is Cc1cc(C(N)c2c(F)cccc2Cl)cc([N+](=O)[O-])c1. The molecule has 0 spiro atoms. The van der Waals surface area contributed by atoms with Crippen molar-refractivity contribution in [2.45, 2.75) is 13.0 Å². The summed E-state index contributed by atoms with van der Waals surface area (Å²) in [7, 11) is 0. The molecule has 104 valence electrons. The first-order valence-corrected chi connectivity index (χ1v) is 6.23. The molecule has 4 nitrogen and oxygen atoms in total. The Kier molecular flexibility index (Phi) is 4.01. The zero-order valence-corrected chi connectivity index (χ0v) is 11.4. The predicted molar refractivity (Wildman–Crippen MR) is 75.3 cm³/mol. The van der Waals surface area contributed by atoms with Gasteiger partial charge in [-0.05, 0) is 30.2 Å². The van der Waals surface area contributed by atoms with E-state index in [9.17, 15) is 14.5 Å². The molecule has 2 aromatic carbocycles. The molecule has 0 heterocycles. The average Bonchev–Trinajstić information content (AvgIpc) is 2.37. The number of aryl methyl sites for hydroxylation is 1. The Balaban J connectivity index is 2.53. The molecule has 0 amide bonds. The molecule has 0 aliphatic carbocycles. The standard InChI is InChI=1S/C14H12ClFN2O2/c1-8-5-9(7-10(6-8)18(19)20)14(17)13-11(15)3-2-4-12(13)16/h2-7,14H,17H2,1H3. The smallest absolute Gasteiger partial charge is 0.270 e. The first-order chi connectivity index (χ1) is 9.40.